The summed E-state index contributed by atoms with van der Waals surface area (Å²) < 4.78 is 21.7. The molecule has 0 unspecified atom stereocenters. The van der Waals surface area contributed by atoms with Crippen LogP contribution < -0.4 is 19.2 Å². The summed E-state index contributed by atoms with van der Waals surface area (Å²) in [6, 6.07) is 12.6. The number of morpholine rings is 1. The lowest BCUT2D eigenvalue weighted by Crippen LogP contribution is -2.44. The van der Waals surface area contributed by atoms with Gasteiger partial charge >= 0.3 is 0 Å². The van der Waals surface area contributed by atoms with Gasteiger partial charge in [0, 0.05) is 25.1 Å². The molecule has 0 bridgehead atoms. The van der Waals surface area contributed by atoms with Crippen molar-refractivity contribution in [2.45, 2.75) is 20.3 Å². The normalized spacial score (nSPS) is 17.6. The first kappa shape index (κ1) is 24.5. The van der Waals surface area contributed by atoms with E-state index in [-0.39, 0.29) is 18.4 Å². The Morgan fingerprint density at radius 2 is 1.71 bits per heavy atom. The second-order valence-corrected chi connectivity index (χ2v) is 9.07. The van der Waals surface area contributed by atoms with Crippen molar-refractivity contribution < 1.29 is 28.5 Å². The molecule has 2 aromatic carbocycles. The van der Waals surface area contributed by atoms with Gasteiger partial charge in [0.15, 0.2) is 18.1 Å². The molecule has 0 atom stereocenters. The average Bonchev–Trinajstić information content (AvgIpc) is 2.89. The maximum atomic E-state index is 13.2. The molecular formula is C26H31N3O6. The van der Waals surface area contributed by atoms with Gasteiger partial charge in [0.25, 0.3) is 11.8 Å². The molecule has 0 N–H and O–H groups in total. The first-order chi connectivity index (χ1) is 16.8. The van der Waals surface area contributed by atoms with Gasteiger partial charge in [-0.25, -0.2) is 5.01 Å². The summed E-state index contributed by atoms with van der Waals surface area (Å²) in [6.45, 7) is 6.03. The fraction of sp³-hybridized carbons (Fsp3) is 0.423. The van der Waals surface area contributed by atoms with Gasteiger partial charge in [-0.2, -0.15) is 5.10 Å². The summed E-state index contributed by atoms with van der Waals surface area (Å²) in [4.78, 5) is 27.3. The van der Waals surface area contributed by atoms with Crippen LogP contribution >= 0.6 is 0 Å². The number of amides is 2. The van der Waals surface area contributed by atoms with Gasteiger partial charge in [0.2, 0.25) is 0 Å². The molecule has 2 aliphatic heterocycles. The molecule has 0 radical (unpaired) electrons. The van der Waals surface area contributed by atoms with Crippen LogP contribution in [-0.4, -0.2) is 69.6 Å². The predicted molar refractivity (Wildman–Crippen MR) is 131 cm³/mol. The van der Waals surface area contributed by atoms with Crippen molar-refractivity contribution >= 4 is 23.2 Å². The Labute approximate surface area is 205 Å². The standard InChI is InChI=1S/C26H31N3O6/c1-26(2)16-21(18-5-10-22(32-3)23(15-18)33-4)27-29(25(26)31)19-6-8-20(9-7-19)35-17-24(30)28-11-13-34-14-12-28/h5-10,15H,11-14,16-17H2,1-4H3. The zero-order valence-corrected chi connectivity index (χ0v) is 20.6. The third kappa shape index (κ3) is 5.40. The van der Waals surface area contributed by atoms with Crippen molar-refractivity contribution in [2.75, 3.05) is 52.1 Å². The van der Waals surface area contributed by atoms with Gasteiger partial charge in [-0.1, -0.05) is 13.8 Å². The Hall–Kier alpha value is -3.59. The van der Waals surface area contributed by atoms with E-state index >= 15 is 0 Å². The first-order valence-corrected chi connectivity index (χ1v) is 11.6. The number of methoxy groups -OCH3 is 2. The van der Waals surface area contributed by atoms with Crippen LogP contribution in [0.4, 0.5) is 5.69 Å². The lowest BCUT2D eigenvalue weighted by molar-refractivity contribution is -0.137. The van der Waals surface area contributed by atoms with E-state index in [1.165, 1.54) is 5.01 Å². The van der Waals surface area contributed by atoms with Crippen LogP contribution in [0.25, 0.3) is 0 Å². The third-order valence-electron chi connectivity index (χ3n) is 6.13. The van der Waals surface area contributed by atoms with Crippen LogP contribution in [0.5, 0.6) is 17.2 Å². The molecule has 2 aliphatic rings. The quantitative estimate of drug-likeness (QED) is 0.604. The average molecular weight is 482 g/mol. The number of hydrogen-bond donors (Lipinski definition) is 0. The van der Waals surface area contributed by atoms with Crippen LogP contribution in [0.1, 0.15) is 25.8 Å². The molecule has 1 fully saturated rings. The summed E-state index contributed by atoms with van der Waals surface area (Å²) in [5.74, 6) is 1.60. The maximum Gasteiger partial charge on any atom is 0.260 e. The second kappa shape index (κ2) is 10.4. The monoisotopic (exact) mass is 481 g/mol. The molecule has 2 aromatic rings. The number of nitrogens with zero attached hydrogens (tertiary/aromatic N) is 3. The topological polar surface area (TPSA) is 89.9 Å². The van der Waals surface area contributed by atoms with Gasteiger partial charge in [-0.3, -0.25) is 9.59 Å². The largest absolute Gasteiger partial charge is 0.493 e. The minimum atomic E-state index is -0.649. The molecule has 2 amide bonds. The number of ether oxygens (including phenoxy) is 4. The van der Waals surface area contributed by atoms with E-state index in [0.717, 1.165) is 11.3 Å². The summed E-state index contributed by atoms with van der Waals surface area (Å²) in [5, 5.41) is 6.11. The lowest BCUT2D eigenvalue weighted by Gasteiger charge is -2.34. The number of rotatable bonds is 7. The van der Waals surface area contributed by atoms with Gasteiger partial charge < -0.3 is 23.8 Å². The number of benzene rings is 2. The van der Waals surface area contributed by atoms with Gasteiger partial charge in [0.05, 0.1) is 44.2 Å². The fourth-order valence-electron chi connectivity index (χ4n) is 4.07. The highest BCUT2D eigenvalue weighted by Gasteiger charge is 2.39. The second-order valence-electron chi connectivity index (χ2n) is 9.07. The smallest absolute Gasteiger partial charge is 0.260 e. The summed E-state index contributed by atoms with van der Waals surface area (Å²) in [7, 11) is 3.17. The minimum absolute atomic E-state index is 0.0450. The molecule has 1 saturated heterocycles. The van der Waals surface area contributed by atoms with Crippen LogP contribution in [0, 0.1) is 5.41 Å². The predicted octanol–water partition coefficient (Wildman–Crippen LogP) is 3.11. The molecule has 0 aromatic heterocycles. The number of carbonyl (C=O) groups excluding carboxylic acids is 2. The van der Waals surface area contributed by atoms with E-state index in [1.54, 1.807) is 43.4 Å². The molecular weight excluding hydrogens is 450 g/mol. The zero-order valence-electron chi connectivity index (χ0n) is 20.6. The number of hydrazone groups is 1. The molecule has 0 saturated carbocycles. The molecule has 2 heterocycles. The Morgan fingerprint density at radius 1 is 1.03 bits per heavy atom. The highest BCUT2D eigenvalue weighted by molar-refractivity contribution is 6.11. The number of hydrogen-bond acceptors (Lipinski definition) is 7. The van der Waals surface area contributed by atoms with E-state index in [2.05, 4.69) is 5.10 Å². The summed E-state index contributed by atoms with van der Waals surface area (Å²) in [5.41, 5.74) is 1.60. The van der Waals surface area contributed by atoms with E-state index in [1.807, 2.05) is 32.0 Å². The van der Waals surface area contributed by atoms with Crippen molar-refractivity contribution in [1.82, 2.24) is 4.90 Å². The van der Waals surface area contributed by atoms with E-state index in [0.29, 0.717) is 55.7 Å². The highest BCUT2D eigenvalue weighted by Crippen LogP contribution is 2.36. The Balaban J connectivity index is 1.52. The van der Waals surface area contributed by atoms with Crippen molar-refractivity contribution in [3.63, 3.8) is 0 Å². The van der Waals surface area contributed by atoms with Crippen LogP contribution in [-0.2, 0) is 14.3 Å². The van der Waals surface area contributed by atoms with Gasteiger partial charge in [0.1, 0.15) is 5.75 Å². The highest BCUT2D eigenvalue weighted by atomic mass is 16.5. The molecule has 0 aliphatic carbocycles. The molecule has 186 valence electrons. The van der Waals surface area contributed by atoms with Crippen LogP contribution in [0.2, 0.25) is 0 Å². The number of anilines is 1. The maximum absolute atomic E-state index is 13.2. The molecule has 35 heavy (non-hydrogen) atoms. The Morgan fingerprint density at radius 3 is 2.37 bits per heavy atom. The molecule has 9 nitrogen and oxygen atoms in total. The van der Waals surface area contributed by atoms with Crippen LogP contribution in [0.15, 0.2) is 47.6 Å². The van der Waals surface area contributed by atoms with Crippen LogP contribution in [0.3, 0.4) is 0 Å². The fourth-order valence-corrected chi connectivity index (χ4v) is 4.07. The van der Waals surface area contributed by atoms with E-state index in [4.69, 9.17) is 18.9 Å². The molecule has 9 heteroatoms. The first-order valence-electron chi connectivity index (χ1n) is 11.6. The van der Waals surface area contributed by atoms with Crippen molar-refractivity contribution in [1.29, 1.82) is 0 Å². The zero-order chi connectivity index (χ0) is 25.0. The van der Waals surface area contributed by atoms with Crippen molar-refractivity contribution in [2.24, 2.45) is 10.5 Å². The van der Waals surface area contributed by atoms with E-state index < -0.39 is 5.41 Å². The summed E-state index contributed by atoms with van der Waals surface area (Å²) in [6.07, 6.45) is 0.489. The van der Waals surface area contributed by atoms with Gasteiger partial charge in [-0.05, 0) is 42.5 Å². The van der Waals surface area contributed by atoms with Crippen molar-refractivity contribution in [3.8, 4) is 17.2 Å². The van der Waals surface area contributed by atoms with Gasteiger partial charge in [-0.15, -0.1) is 0 Å². The van der Waals surface area contributed by atoms with E-state index in [9.17, 15) is 9.59 Å². The summed E-state index contributed by atoms with van der Waals surface area (Å²) >= 11 is 0. The Bertz CT molecular complexity index is 1110. The Kier molecular flexibility index (Phi) is 7.25. The molecule has 0 spiro atoms. The minimum Gasteiger partial charge on any atom is -0.493 e. The SMILES string of the molecule is COc1ccc(C2=NN(c3ccc(OCC(=O)N4CCOCC4)cc3)C(=O)C(C)(C)C2)cc1OC. The molecule has 4 rings (SSSR count). The lowest BCUT2D eigenvalue weighted by atomic mass is 9.82. The van der Waals surface area contributed by atoms with Crippen molar-refractivity contribution in [3.05, 3.63) is 48.0 Å². The third-order valence-corrected chi connectivity index (χ3v) is 6.13. The number of carbonyl (C=O) groups is 2.